The number of nitrogens with zero attached hydrogens (tertiary/aromatic N) is 3. The maximum absolute atomic E-state index is 12.8. The molecule has 1 aromatic heterocycles. The molecule has 3 heterocycles. The van der Waals surface area contributed by atoms with Gasteiger partial charge in [0.1, 0.15) is 6.61 Å². The van der Waals surface area contributed by atoms with Gasteiger partial charge >= 0.3 is 0 Å². The smallest absolute Gasteiger partial charge is 0.253 e. The highest BCUT2D eigenvalue weighted by Gasteiger charge is 2.51. The zero-order valence-electron chi connectivity index (χ0n) is 16.0. The quantitative estimate of drug-likeness (QED) is 0.805. The summed E-state index contributed by atoms with van der Waals surface area (Å²) < 4.78 is 7.92. The van der Waals surface area contributed by atoms with Crippen molar-refractivity contribution in [3.63, 3.8) is 0 Å². The minimum atomic E-state index is -0.0114. The number of carbonyl (C=O) groups is 2. The van der Waals surface area contributed by atoms with E-state index in [0.717, 1.165) is 41.7 Å². The molecular formula is C20H25N3O3S. The molecule has 1 atom stereocenters. The predicted molar refractivity (Wildman–Crippen MR) is 107 cm³/mol. The number of fused-ring (bicyclic) bond motifs is 1. The molecule has 2 aliphatic heterocycles. The molecule has 0 saturated carbocycles. The molecule has 4 rings (SSSR count). The van der Waals surface area contributed by atoms with E-state index in [2.05, 4.69) is 4.57 Å². The van der Waals surface area contributed by atoms with Gasteiger partial charge in [0.2, 0.25) is 5.91 Å². The Morgan fingerprint density at radius 1 is 1.30 bits per heavy atom. The Morgan fingerprint density at radius 3 is 2.81 bits per heavy atom. The Hall–Kier alpha value is -1.99. The highest BCUT2D eigenvalue weighted by molar-refractivity contribution is 8.01. The van der Waals surface area contributed by atoms with E-state index in [1.54, 1.807) is 19.0 Å². The summed E-state index contributed by atoms with van der Waals surface area (Å²) in [7, 11) is 5.47. The van der Waals surface area contributed by atoms with Crippen molar-refractivity contribution in [3.05, 3.63) is 36.0 Å². The number of aryl methyl sites for hydroxylation is 1. The van der Waals surface area contributed by atoms with Crippen LogP contribution in [0.15, 0.2) is 30.5 Å². The molecule has 2 amide bonds. The molecule has 0 bridgehead atoms. The molecule has 7 heteroatoms. The molecule has 1 spiro atoms. The summed E-state index contributed by atoms with van der Waals surface area (Å²) in [5, 5.41) is 1.09. The summed E-state index contributed by atoms with van der Waals surface area (Å²) in [5.41, 5.74) is 1.88. The summed E-state index contributed by atoms with van der Waals surface area (Å²) in [6.07, 6.45) is 3.00. The Kier molecular flexibility index (Phi) is 4.68. The van der Waals surface area contributed by atoms with Crippen LogP contribution in [0.25, 0.3) is 10.9 Å². The first-order valence-corrected chi connectivity index (χ1v) is 10.2. The van der Waals surface area contributed by atoms with Crippen LogP contribution in [0.2, 0.25) is 0 Å². The van der Waals surface area contributed by atoms with Crippen LogP contribution in [0.3, 0.4) is 0 Å². The van der Waals surface area contributed by atoms with Crippen LogP contribution in [0.4, 0.5) is 0 Å². The van der Waals surface area contributed by atoms with E-state index in [-0.39, 0.29) is 29.3 Å². The van der Waals surface area contributed by atoms with Crippen molar-refractivity contribution in [2.75, 3.05) is 39.5 Å². The van der Waals surface area contributed by atoms with Gasteiger partial charge in [-0.1, -0.05) is 0 Å². The highest BCUT2D eigenvalue weighted by atomic mass is 32.2. The summed E-state index contributed by atoms with van der Waals surface area (Å²) in [4.78, 5) is 28.0. The predicted octanol–water partition coefficient (Wildman–Crippen LogP) is 1.98. The number of hydrogen-bond acceptors (Lipinski definition) is 4. The van der Waals surface area contributed by atoms with Gasteiger partial charge in [0, 0.05) is 62.6 Å². The average molecular weight is 388 g/mol. The molecule has 2 aliphatic rings. The second-order valence-corrected chi connectivity index (χ2v) is 9.27. The topological polar surface area (TPSA) is 54.8 Å². The average Bonchev–Trinajstić information content (AvgIpc) is 3.21. The molecule has 144 valence electrons. The van der Waals surface area contributed by atoms with E-state index in [4.69, 9.17) is 4.74 Å². The van der Waals surface area contributed by atoms with Crippen LogP contribution in [0, 0.1) is 0 Å². The number of likely N-dealkylation sites (tertiary alicyclic amines) is 1. The number of ether oxygens (including phenoxy) is 1. The van der Waals surface area contributed by atoms with Gasteiger partial charge in [-0.2, -0.15) is 0 Å². The third-order valence-corrected chi connectivity index (χ3v) is 7.07. The lowest BCUT2D eigenvalue weighted by Crippen LogP contribution is -2.60. The van der Waals surface area contributed by atoms with Crippen LogP contribution in [-0.2, 0) is 16.6 Å². The standard InChI is InChI=1S/C20H25N3O3S/c1-21(2)18(24)10-26-16-9-20(27-11-16)12-23(13-20)19(25)15-4-5-17-14(8-15)6-7-22(17)3/h4-8,16H,9-13H2,1-3H3. The molecule has 2 aromatic rings. The zero-order chi connectivity index (χ0) is 19.2. The molecule has 2 fully saturated rings. The third kappa shape index (κ3) is 3.46. The van der Waals surface area contributed by atoms with Crippen molar-refractivity contribution in [1.29, 1.82) is 0 Å². The molecular weight excluding hydrogens is 362 g/mol. The van der Waals surface area contributed by atoms with Crippen LogP contribution >= 0.6 is 11.8 Å². The molecule has 1 unspecified atom stereocenters. The first-order chi connectivity index (χ1) is 12.9. The van der Waals surface area contributed by atoms with E-state index >= 15 is 0 Å². The van der Waals surface area contributed by atoms with E-state index in [9.17, 15) is 9.59 Å². The molecule has 1 aromatic carbocycles. The van der Waals surface area contributed by atoms with E-state index in [0.29, 0.717) is 0 Å². The first kappa shape index (κ1) is 18.4. The molecule has 0 aliphatic carbocycles. The fraction of sp³-hybridized carbons (Fsp3) is 0.500. The lowest BCUT2D eigenvalue weighted by molar-refractivity contribution is -0.135. The monoisotopic (exact) mass is 387 g/mol. The molecule has 0 N–H and O–H groups in total. The summed E-state index contributed by atoms with van der Waals surface area (Å²) >= 11 is 1.87. The van der Waals surface area contributed by atoms with Crippen molar-refractivity contribution in [3.8, 4) is 0 Å². The second-order valence-electron chi connectivity index (χ2n) is 7.78. The van der Waals surface area contributed by atoms with E-state index < -0.39 is 0 Å². The minimum absolute atomic E-state index is 0.0114. The van der Waals surface area contributed by atoms with Crippen molar-refractivity contribution in [1.82, 2.24) is 14.4 Å². The lowest BCUT2D eigenvalue weighted by atomic mass is 9.92. The number of rotatable bonds is 4. The lowest BCUT2D eigenvalue weighted by Gasteiger charge is -2.47. The van der Waals surface area contributed by atoms with E-state index in [1.165, 1.54) is 0 Å². The van der Waals surface area contributed by atoms with Crippen LogP contribution in [-0.4, -0.2) is 76.6 Å². The number of carbonyl (C=O) groups excluding carboxylic acids is 2. The number of amides is 2. The Morgan fingerprint density at radius 2 is 2.07 bits per heavy atom. The summed E-state index contributed by atoms with van der Waals surface area (Å²) in [6, 6.07) is 7.93. The minimum Gasteiger partial charge on any atom is -0.367 e. The summed E-state index contributed by atoms with van der Waals surface area (Å²) in [5.74, 6) is 0.973. The highest BCUT2D eigenvalue weighted by Crippen LogP contribution is 2.46. The number of aromatic nitrogens is 1. The van der Waals surface area contributed by atoms with Gasteiger partial charge in [0.25, 0.3) is 5.91 Å². The number of hydrogen-bond donors (Lipinski definition) is 0. The summed E-state index contributed by atoms with van der Waals surface area (Å²) in [6.45, 7) is 1.64. The number of thioether (sulfide) groups is 1. The van der Waals surface area contributed by atoms with Crippen molar-refractivity contribution < 1.29 is 14.3 Å². The fourth-order valence-corrected chi connectivity index (χ4v) is 5.39. The van der Waals surface area contributed by atoms with Crippen LogP contribution < -0.4 is 0 Å². The van der Waals surface area contributed by atoms with Gasteiger partial charge in [0.05, 0.1) is 10.9 Å². The Labute approximate surface area is 163 Å². The zero-order valence-corrected chi connectivity index (χ0v) is 16.8. The van der Waals surface area contributed by atoms with Crippen molar-refractivity contribution >= 4 is 34.5 Å². The Bertz CT molecular complexity index is 886. The molecule has 6 nitrogen and oxygen atoms in total. The fourth-order valence-electron chi connectivity index (χ4n) is 3.84. The van der Waals surface area contributed by atoms with Gasteiger partial charge < -0.3 is 19.1 Å². The second kappa shape index (κ2) is 6.87. The van der Waals surface area contributed by atoms with Crippen LogP contribution in [0.1, 0.15) is 16.8 Å². The van der Waals surface area contributed by atoms with Crippen molar-refractivity contribution in [2.45, 2.75) is 17.3 Å². The molecule has 27 heavy (non-hydrogen) atoms. The maximum Gasteiger partial charge on any atom is 0.253 e. The van der Waals surface area contributed by atoms with E-state index in [1.807, 2.05) is 54.2 Å². The SMILES string of the molecule is CN(C)C(=O)COC1CSC2(C1)CN(C(=O)c1ccc3c(ccn3C)c1)C2. The first-order valence-electron chi connectivity index (χ1n) is 9.17. The van der Waals surface area contributed by atoms with Gasteiger partial charge in [-0.05, 0) is 30.7 Å². The maximum atomic E-state index is 12.8. The normalized spacial score (nSPS) is 20.9. The molecule has 2 saturated heterocycles. The Balaban J connectivity index is 1.33. The molecule has 0 radical (unpaired) electrons. The van der Waals surface area contributed by atoms with Crippen molar-refractivity contribution in [2.24, 2.45) is 7.05 Å². The number of benzene rings is 1. The van der Waals surface area contributed by atoms with Gasteiger partial charge in [-0.3, -0.25) is 9.59 Å². The third-order valence-electron chi connectivity index (χ3n) is 5.49. The largest absolute Gasteiger partial charge is 0.367 e. The van der Waals surface area contributed by atoms with Gasteiger partial charge in [0.15, 0.2) is 0 Å². The number of likely N-dealkylation sites (N-methyl/N-ethyl adjacent to an activating group) is 1. The van der Waals surface area contributed by atoms with Gasteiger partial charge in [-0.15, -0.1) is 11.8 Å². The van der Waals surface area contributed by atoms with Gasteiger partial charge in [-0.25, -0.2) is 0 Å². The van der Waals surface area contributed by atoms with Crippen LogP contribution in [0.5, 0.6) is 0 Å².